The van der Waals surface area contributed by atoms with E-state index in [0.717, 1.165) is 17.4 Å². The molecule has 1 saturated carbocycles. The molecule has 2 aromatic rings. The van der Waals surface area contributed by atoms with E-state index in [1.807, 2.05) is 6.92 Å². The molecule has 3 rings (SSSR count). The molecule has 0 bridgehead atoms. The minimum Gasteiger partial charge on any atom is -0.367 e. The third-order valence-corrected chi connectivity index (χ3v) is 4.39. The summed E-state index contributed by atoms with van der Waals surface area (Å²) in [5, 5.41) is 7.98. The molecule has 2 unspecified atom stereocenters. The van der Waals surface area contributed by atoms with Crippen molar-refractivity contribution in [2.45, 2.75) is 52.5 Å². The number of hydrogen-bond acceptors (Lipinski definition) is 4. The third-order valence-electron chi connectivity index (χ3n) is 4.39. The van der Waals surface area contributed by atoms with E-state index in [9.17, 15) is 0 Å². The summed E-state index contributed by atoms with van der Waals surface area (Å²) in [6, 6.07) is 2.59. The topological polar surface area (TPSA) is 55.1 Å². The minimum atomic E-state index is 0.526. The Morgan fingerprint density at radius 2 is 2.10 bits per heavy atom. The quantitative estimate of drug-likeness (QED) is 0.933. The third kappa shape index (κ3) is 2.49. The minimum absolute atomic E-state index is 0.526. The van der Waals surface area contributed by atoms with E-state index in [1.54, 1.807) is 10.8 Å². The molecule has 1 N–H and O–H groups in total. The lowest BCUT2D eigenvalue weighted by Gasteiger charge is -2.35. The van der Waals surface area contributed by atoms with Crippen molar-refractivity contribution in [3.05, 3.63) is 18.1 Å². The van der Waals surface area contributed by atoms with Crippen LogP contribution in [0.5, 0.6) is 0 Å². The van der Waals surface area contributed by atoms with Gasteiger partial charge in [0.25, 0.3) is 5.78 Å². The van der Waals surface area contributed by atoms with E-state index in [4.69, 9.17) is 0 Å². The van der Waals surface area contributed by atoms with Crippen molar-refractivity contribution in [2.24, 2.45) is 11.8 Å². The van der Waals surface area contributed by atoms with Gasteiger partial charge in [0.1, 0.15) is 12.1 Å². The van der Waals surface area contributed by atoms with Crippen LogP contribution in [0.1, 0.15) is 45.2 Å². The van der Waals surface area contributed by atoms with Gasteiger partial charge in [0.2, 0.25) is 0 Å². The first-order valence-electron chi connectivity index (χ1n) is 7.59. The molecule has 0 saturated heterocycles. The molecule has 5 nitrogen and oxygen atoms in total. The fraction of sp³-hybridized carbons (Fsp3) is 0.667. The van der Waals surface area contributed by atoms with Crippen molar-refractivity contribution in [1.29, 1.82) is 0 Å². The van der Waals surface area contributed by atoms with Crippen molar-refractivity contribution < 1.29 is 0 Å². The van der Waals surface area contributed by atoms with Crippen LogP contribution < -0.4 is 5.32 Å². The number of nitrogens with zero attached hydrogens (tertiary/aromatic N) is 4. The van der Waals surface area contributed by atoms with Gasteiger partial charge < -0.3 is 5.32 Å². The molecule has 0 spiro atoms. The lowest BCUT2D eigenvalue weighted by atomic mass is 9.78. The lowest BCUT2D eigenvalue weighted by Crippen LogP contribution is -2.35. The Morgan fingerprint density at radius 3 is 2.90 bits per heavy atom. The van der Waals surface area contributed by atoms with Crippen molar-refractivity contribution in [1.82, 2.24) is 19.6 Å². The first kappa shape index (κ1) is 13.3. The van der Waals surface area contributed by atoms with Gasteiger partial charge in [-0.25, -0.2) is 4.98 Å². The van der Waals surface area contributed by atoms with Crippen LogP contribution >= 0.6 is 0 Å². The monoisotopic (exact) mass is 273 g/mol. The van der Waals surface area contributed by atoms with Gasteiger partial charge in [-0.3, -0.25) is 0 Å². The molecular weight excluding hydrogens is 250 g/mol. The summed E-state index contributed by atoms with van der Waals surface area (Å²) in [6.45, 7) is 6.65. The second-order valence-corrected chi connectivity index (χ2v) is 6.20. The Bertz CT molecular complexity index is 589. The van der Waals surface area contributed by atoms with Crippen LogP contribution in [0.2, 0.25) is 0 Å². The number of hydrogen-bond donors (Lipinski definition) is 1. The highest BCUT2D eigenvalue weighted by Gasteiger charge is 2.28. The van der Waals surface area contributed by atoms with Gasteiger partial charge >= 0.3 is 0 Å². The van der Waals surface area contributed by atoms with Crippen LogP contribution in [0.15, 0.2) is 12.4 Å². The molecule has 0 aliphatic heterocycles. The highest BCUT2D eigenvalue weighted by molar-refractivity contribution is 5.45. The van der Waals surface area contributed by atoms with E-state index in [2.05, 4.69) is 40.3 Å². The summed E-state index contributed by atoms with van der Waals surface area (Å²) in [5.41, 5.74) is 0.977. The SMILES string of the molecule is Cc1cc(NC2CCCCC2C(C)C)n2ncnc2n1. The average Bonchev–Trinajstić information content (AvgIpc) is 2.87. The largest absolute Gasteiger partial charge is 0.367 e. The van der Waals surface area contributed by atoms with Crippen molar-refractivity contribution >= 4 is 11.6 Å². The smallest absolute Gasteiger partial charge is 0.254 e. The van der Waals surface area contributed by atoms with E-state index in [0.29, 0.717) is 17.7 Å². The predicted octanol–water partition coefficient (Wildman–Crippen LogP) is 3.06. The second-order valence-electron chi connectivity index (χ2n) is 6.20. The summed E-state index contributed by atoms with van der Waals surface area (Å²) >= 11 is 0. The molecule has 1 fully saturated rings. The molecule has 5 heteroatoms. The Labute approximate surface area is 119 Å². The van der Waals surface area contributed by atoms with Crippen LogP contribution in [0.25, 0.3) is 5.78 Å². The van der Waals surface area contributed by atoms with Crippen molar-refractivity contribution in [2.75, 3.05) is 5.32 Å². The zero-order valence-electron chi connectivity index (χ0n) is 12.5. The standard InChI is InChI=1S/C15H23N5/c1-10(2)12-6-4-5-7-13(12)19-14-8-11(3)18-15-16-9-17-20(14)15/h8-10,12-13,19H,4-7H2,1-3H3. The van der Waals surface area contributed by atoms with Crippen LogP contribution in [-0.4, -0.2) is 25.6 Å². The molecule has 1 aliphatic rings. The number of aryl methyl sites for hydroxylation is 1. The molecule has 0 aromatic carbocycles. The number of aromatic nitrogens is 4. The Kier molecular flexibility index (Phi) is 3.59. The maximum Gasteiger partial charge on any atom is 0.254 e. The number of anilines is 1. The van der Waals surface area contributed by atoms with Crippen LogP contribution in [0.3, 0.4) is 0 Å². The van der Waals surface area contributed by atoms with E-state index < -0.39 is 0 Å². The zero-order chi connectivity index (χ0) is 14.1. The van der Waals surface area contributed by atoms with Gasteiger partial charge in [0, 0.05) is 17.8 Å². The summed E-state index contributed by atoms with van der Waals surface area (Å²) in [7, 11) is 0. The summed E-state index contributed by atoms with van der Waals surface area (Å²) in [4.78, 5) is 8.58. The number of rotatable bonds is 3. The van der Waals surface area contributed by atoms with Gasteiger partial charge in [-0.1, -0.05) is 26.7 Å². The summed E-state index contributed by atoms with van der Waals surface area (Å²) in [6.07, 6.45) is 6.79. The summed E-state index contributed by atoms with van der Waals surface area (Å²) < 4.78 is 1.80. The van der Waals surface area contributed by atoms with Gasteiger partial charge in [0.05, 0.1) is 0 Å². The fourth-order valence-corrected chi connectivity index (χ4v) is 3.36. The Balaban J connectivity index is 1.89. The van der Waals surface area contributed by atoms with E-state index in [-0.39, 0.29) is 0 Å². The zero-order valence-corrected chi connectivity index (χ0v) is 12.5. The number of fused-ring (bicyclic) bond motifs is 1. The second kappa shape index (κ2) is 5.38. The van der Waals surface area contributed by atoms with Crippen LogP contribution in [-0.2, 0) is 0 Å². The molecule has 2 aromatic heterocycles. The van der Waals surface area contributed by atoms with E-state index in [1.165, 1.54) is 25.7 Å². The van der Waals surface area contributed by atoms with Crippen LogP contribution in [0.4, 0.5) is 5.82 Å². The molecule has 1 aliphatic carbocycles. The normalized spacial score (nSPS) is 23.4. The molecule has 2 heterocycles. The van der Waals surface area contributed by atoms with Gasteiger partial charge in [0.15, 0.2) is 0 Å². The lowest BCUT2D eigenvalue weighted by molar-refractivity contribution is 0.253. The van der Waals surface area contributed by atoms with Gasteiger partial charge in [-0.05, 0) is 31.6 Å². The van der Waals surface area contributed by atoms with Crippen LogP contribution in [0, 0.1) is 18.8 Å². The summed E-state index contributed by atoms with van der Waals surface area (Å²) in [5.74, 6) is 3.13. The van der Waals surface area contributed by atoms with Crippen molar-refractivity contribution in [3.63, 3.8) is 0 Å². The first-order valence-corrected chi connectivity index (χ1v) is 7.59. The number of nitrogens with one attached hydrogen (secondary N) is 1. The molecule has 20 heavy (non-hydrogen) atoms. The highest BCUT2D eigenvalue weighted by atomic mass is 15.4. The maximum atomic E-state index is 4.39. The molecule has 0 amide bonds. The Hall–Kier alpha value is -1.65. The molecular formula is C15H23N5. The first-order chi connectivity index (χ1) is 9.65. The van der Waals surface area contributed by atoms with E-state index >= 15 is 0 Å². The maximum absolute atomic E-state index is 4.39. The highest BCUT2D eigenvalue weighted by Crippen LogP contribution is 2.32. The van der Waals surface area contributed by atoms with Gasteiger partial charge in [-0.15, -0.1) is 0 Å². The molecule has 2 atom stereocenters. The molecule has 0 radical (unpaired) electrons. The average molecular weight is 273 g/mol. The molecule has 108 valence electrons. The van der Waals surface area contributed by atoms with Crippen molar-refractivity contribution in [3.8, 4) is 0 Å². The fourth-order valence-electron chi connectivity index (χ4n) is 3.36. The van der Waals surface area contributed by atoms with Gasteiger partial charge in [-0.2, -0.15) is 14.6 Å². The predicted molar refractivity (Wildman–Crippen MR) is 79.7 cm³/mol. The Morgan fingerprint density at radius 1 is 1.30 bits per heavy atom.